The molecule has 2 fully saturated rings. The van der Waals surface area contributed by atoms with Crippen LogP contribution >= 0.6 is 0 Å². The van der Waals surface area contributed by atoms with Crippen molar-refractivity contribution in [3.63, 3.8) is 0 Å². The predicted molar refractivity (Wildman–Crippen MR) is 73.2 cm³/mol. The number of carbonyl (C=O) groups is 1. The SMILES string of the molecule is O=C(c1ccc2nc(C(F)F)[nH]c2c1)N1C[C@H]2CC[C@H]2C1. The average Bonchev–Trinajstić information content (AvgIpc) is 2.99. The molecule has 110 valence electrons. The van der Waals surface area contributed by atoms with E-state index in [4.69, 9.17) is 0 Å². The molecule has 6 heteroatoms. The van der Waals surface area contributed by atoms with E-state index in [1.807, 2.05) is 4.90 Å². The summed E-state index contributed by atoms with van der Waals surface area (Å²) in [6.07, 6.45) is -0.205. The molecular weight excluding hydrogens is 276 g/mol. The number of hydrogen-bond acceptors (Lipinski definition) is 2. The summed E-state index contributed by atoms with van der Waals surface area (Å²) in [5, 5.41) is 0. The maximum absolute atomic E-state index is 12.6. The number of rotatable bonds is 2. The van der Waals surface area contributed by atoms with E-state index >= 15 is 0 Å². The van der Waals surface area contributed by atoms with Crippen LogP contribution in [0.3, 0.4) is 0 Å². The molecular formula is C15H15F2N3O. The zero-order valence-electron chi connectivity index (χ0n) is 11.4. The van der Waals surface area contributed by atoms with Crippen LogP contribution in [0.4, 0.5) is 8.78 Å². The number of nitrogens with zero attached hydrogens (tertiary/aromatic N) is 2. The second-order valence-corrected chi connectivity index (χ2v) is 5.96. The van der Waals surface area contributed by atoms with Gasteiger partial charge in [-0.1, -0.05) is 0 Å². The smallest absolute Gasteiger partial charge is 0.295 e. The second-order valence-electron chi connectivity index (χ2n) is 5.96. The fraction of sp³-hybridized carbons (Fsp3) is 0.467. The van der Waals surface area contributed by atoms with Crippen molar-refractivity contribution in [3.8, 4) is 0 Å². The van der Waals surface area contributed by atoms with Crippen LogP contribution in [-0.4, -0.2) is 33.9 Å². The van der Waals surface area contributed by atoms with Gasteiger partial charge in [0.1, 0.15) is 0 Å². The number of amides is 1. The lowest BCUT2D eigenvalue weighted by Gasteiger charge is -2.27. The molecule has 2 aromatic rings. The number of aromatic nitrogens is 2. The standard InChI is InChI=1S/C15H15F2N3O/c16-13(17)14-18-11-4-3-8(5-12(11)19-14)15(21)20-6-9-1-2-10(9)7-20/h3-5,9-10,13H,1-2,6-7H2,(H,18,19)/t9-,10+. The number of nitrogens with one attached hydrogen (secondary N) is 1. The first-order chi connectivity index (χ1) is 10.1. The first kappa shape index (κ1) is 12.7. The quantitative estimate of drug-likeness (QED) is 0.924. The molecule has 0 spiro atoms. The molecule has 4 rings (SSSR count). The Balaban J connectivity index is 1.62. The third-order valence-electron chi connectivity index (χ3n) is 4.73. The molecule has 2 heterocycles. The highest BCUT2D eigenvalue weighted by Crippen LogP contribution is 2.40. The van der Waals surface area contributed by atoms with Gasteiger partial charge in [-0.2, -0.15) is 0 Å². The van der Waals surface area contributed by atoms with Crippen molar-refractivity contribution >= 4 is 16.9 Å². The number of hydrogen-bond donors (Lipinski definition) is 1. The summed E-state index contributed by atoms with van der Waals surface area (Å²) in [5.41, 5.74) is 1.48. The summed E-state index contributed by atoms with van der Waals surface area (Å²) in [4.78, 5) is 20.8. The van der Waals surface area contributed by atoms with E-state index in [1.165, 1.54) is 12.8 Å². The first-order valence-electron chi connectivity index (χ1n) is 7.19. The fourth-order valence-electron chi connectivity index (χ4n) is 3.37. The topological polar surface area (TPSA) is 49.0 Å². The average molecular weight is 291 g/mol. The van der Waals surface area contributed by atoms with Crippen molar-refractivity contribution in [3.05, 3.63) is 29.6 Å². The van der Waals surface area contributed by atoms with E-state index in [-0.39, 0.29) is 11.7 Å². The predicted octanol–water partition coefficient (Wildman–Crippen LogP) is 2.98. The van der Waals surface area contributed by atoms with Gasteiger partial charge in [0.25, 0.3) is 12.3 Å². The maximum Gasteiger partial charge on any atom is 0.295 e. The molecule has 1 aromatic carbocycles. The summed E-state index contributed by atoms with van der Waals surface area (Å²) < 4.78 is 25.3. The number of aromatic amines is 1. The van der Waals surface area contributed by atoms with E-state index in [0.29, 0.717) is 28.4 Å². The number of alkyl halides is 2. The molecule has 0 bridgehead atoms. The second kappa shape index (κ2) is 4.51. The highest BCUT2D eigenvalue weighted by molar-refractivity contribution is 5.97. The minimum atomic E-state index is -2.63. The Morgan fingerprint density at radius 3 is 2.62 bits per heavy atom. The normalized spacial score (nSPS) is 24.4. The minimum Gasteiger partial charge on any atom is -0.338 e. The molecule has 1 saturated heterocycles. The molecule has 1 N–H and O–H groups in total. The highest BCUT2D eigenvalue weighted by Gasteiger charge is 2.41. The summed E-state index contributed by atoms with van der Waals surface area (Å²) in [5.74, 6) is 0.957. The van der Waals surface area contributed by atoms with Crippen molar-refractivity contribution < 1.29 is 13.6 Å². The Morgan fingerprint density at radius 1 is 1.29 bits per heavy atom. The molecule has 1 aromatic heterocycles. The van der Waals surface area contributed by atoms with Gasteiger partial charge in [-0.05, 0) is 42.9 Å². The van der Waals surface area contributed by atoms with Crippen molar-refractivity contribution in [1.29, 1.82) is 0 Å². The molecule has 2 atom stereocenters. The van der Waals surface area contributed by atoms with E-state index < -0.39 is 6.43 Å². The van der Waals surface area contributed by atoms with Crippen LogP contribution in [0.25, 0.3) is 11.0 Å². The molecule has 0 radical (unpaired) electrons. The van der Waals surface area contributed by atoms with Gasteiger partial charge in [0.2, 0.25) is 0 Å². The molecule has 21 heavy (non-hydrogen) atoms. The molecule has 1 aliphatic heterocycles. The molecule has 1 saturated carbocycles. The third-order valence-corrected chi connectivity index (χ3v) is 4.73. The van der Waals surface area contributed by atoms with Crippen LogP contribution in [-0.2, 0) is 0 Å². The monoisotopic (exact) mass is 291 g/mol. The van der Waals surface area contributed by atoms with Gasteiger partial charge in [0, 0.05) is 18.7 Å². The largest absolute Gasteiger partial charge is 0.338 e. The number of imidazole rings is 1. The van der Waals surface area contributed by atoms with Crippen LogP contribution in [0, 0.1) is 11.8 Å². The first-order valence-corrected chi connectivity index (χ1v) is 7.19. The van der Waals surface area contributed by atoms with Gasteiger partial charge in [-0.15, -0.1) is 0 Å². The van der Waals surface area contributed by atoms with Crippen LogP contribution in [0.5, 0.6) is 0 Å². The Labute approximate surface area is 120 Å². The Bertz CT molecular complexity index is 700. The Kier molecular flexibility index (Phi) is 2.74. The van der Waals surface area contributed by atoms with E-state index in [2.05, 4.69) is 9.97 Å². The number of H-pyrrole nitrogens is 1. The third kappa shape index (κ3) is 2.01. The summed E-state index contributed by atoms with van der Waals surface area (Å²) in [6, 6.07) is 4.91. The molecule has 2 aliphatic rings. The van der Waals surface area contributed by atoms with Crippen molar-refractivity contribution in [1.82, 2.24) is 14.9 Å². The number of halogens is 2. The van der Waals surface area contributed by atoms with Gasteiger partial charge in [0.15, 0.2) is 5.82 Å². The lowest BCUT2D eigenvalue weighted by Crippen LogP contribution is -2.28. The number of fused-ring (bicyclic) bond motifs is 2. The lowest BCUT2D eigenvalue weighted by atomic mass is 9.77. The Morgan fingerprint density at radius 2 is 2.00 bits per heavy atom. The highest BCUT2D eigenvalue weighted by atomic mass is 19.3. The van der Waals surface area contributed by atoms with Crippen molar-refractivity contribution in [2.24, 2.45) is 11.8 Å². The summed E-state index contributed by atoms with van der Waals surface area (Å²) in [7, 11) is 0. The molecule has 4 nitrogen and oxygen atoms in total. The van der Waals surface area contributed by atoms with Gasteiger partial charge in [-0.25, -0.2) is 13.8 Å². The molecule has 1 amide bonds. The van der Waals surface area contributed by atoms with Crippen molar-refractivity contribution in [2.75, 3.05) is 13.1 Å². The summed E-state index contributed by atoms with van der Waals surface area (Å²) in [6.45, 7) is 1.65. The van der Waals surface area contributed by atoms with Crippen molar-refractivity contribution in [2.45, 2.75) is 19.3 Å². The molecule has 0 unspecified atom stereocenters. The fourth-order valence-corrected chi connectivity index (χ4v) is 3.37. The number of benzene rings is 1. The number of carbonyl (C=O) groups excluding carboxylic acids is 1. The van der Waals surface area contributed by atoms with E-state index in [1.54, 1.807) is 18.2 Å². The zero-order chi connectivity index (χ0) is 14.6. The molecule has 1 aliphatic carbocycles. The Hall–Kier alpha value is -1.98. The van der Waals surface area contributed by atoms with Gasteiger partial charge < -0.3 is 9.88 Å². The number of likely N-dealkylation sites (tertiary alicyclic amines) is 1. The van der Waals surface area contributed by atoms with Gasteiger partial charge in [0.05, 0.1) is 11.0 Å². The van der Waals surface area contributed by atoms with E-state index in [9.17, 15) is 13.6 Å². The van der Waals surface area contributed by atoms with Crippen LogP contribution in [0.2, 0.25) is 0 Å². The van der Waals surface area contributed by atoms with Crippen LogP contribution in [0.1, 0.15) is 35.4 Å². The minimum absolute atomic E-state index is 0.0144. The summed E-state index contributed by atoms with van der Waals surface area (Å²) >= 11 is 0. The lowest BCUT2D eigenvalue weighted by molar-refractivity contribution is 0.0787. The van der Waals surface area contributed by atoms with Crippen LogP contribution < -0.4 is 0 Å². The van der Waals surface area contributed by atoms with Crippen LogP contribution in [0.15, 0.2) is 18.2 Å². The van der Waals surface area contributed by atoms with Gasteiger partial charge in [-0.3, -0.25) is 4.79 Å². The van der Waals surface area contributed by atoms with Gasteiger partial charge >= 0.3 is 0 Å². The van der Waals surface area contributed by atoms with E-state index in [0.717, 1.165) is 13.1 Å². The maximum atomic E-state index is 12.6. The zero-order valence-corrected chi connectivity index (χ0v) is 11.4.